The van der Waals surface area contributed by atoms with Crippen LogP contribution in [-0.4, -0.2) is 5.71 Å². The summed E-state index contributed by atoms with van der Waals surface area (Å²) in [5.41, 5.74) is 2.65. The summed E-state index contributed by atoms with van der Waals surface area (Å²) in [6, 6.07) is 25.9. The summed E-state index contributed by atoms with van der Waals surface area (Å²) in [5, 5.41) is 2.73. The fourth-order valence-electron chi connectivity index (χ4n) is 2.19. The van der Waals surface area contributed by atoms with Gasteiger partial charge in [0.25, 0.3) is 0 Å². The highest BCUT2D eigenvalue weighted by Crippen LogP contribution is 2.24. The number of hydrogen-bond donors (Lipinski definition) is 0. The molecule has 124 valence electrons. The lowest BCUT2D eigenvalue weighted by molar-refractivity contribution is 1.45. The van der Waals surface area contributed by atoms with Crippen LogP contribution in [0.25, 0.3) is 0 Å². The molecule has 1 nitrogen and oxygen atoms in total. The first kappa shape index (κ1) is 18.0. The quantitative estimate of drug-likeness (QED) is 0.302. The van der Waals surface area contributed by atoms with Crippen molar-refractivity contribution in [3.05, 3.63) is 105 Å². The van der Waals surface area contributed by atoms with Gasteiger partial charge in [0.15, 0.2) is 0 Å². The normalized spacial score (nSPS) is 11.8. The molecule has 0 amide bonds. The fraction of sp³-hybridized carbons (Fsp3) is 0. The number of hydrogen-bond acceptors (Lipinski definition) is 2. The Morgan fingerprint density at radius 3 is 2.28 bits per heavy atom. The van der Waals surface area contributed by atoms with Crippen molar-refractivity contribution in [1.29, 1.82) is 0 Å². The third kappa shape index (κ3) is 5.33. The monoisotopic (exact) mass is 427 g/mol. The summed E-state index contributed by atoms with van der Waals surface area (Å²) in [5.74, 6) is 0. The molecule has 0 unspecified atom stereocenters. The van der Waals surface area contributed by atoms with E-state index in [1.807, 2.05) is 78.2 Å². The second-order valence-corrected chi connectivity index (χ2v) is 7.49. The molecule has 0 atom stereocenters. The first-order chi connectivity index (χ1) is 12.2. The van der Waals surface area contributed by atoms with E-state index >= 15 is 0 Å². The van der Waals surface area contributed by atoms with Crippen LogP contribution in [0, 0.1) is 0 Å². The third-order valence-corrected chi connectivity index (χ3v) is 5.07. The zero-order chi connectivity index (χ0) is 17.5. The van der Waals surface area contributed by atoms with Crippen molar-refractivity contribution in [3.63, 3.8) is 0 Å². The van der Waals surface area contributed by atoms with Gasteiger partial charge in [-0.1, -0.05) is 75.7 Å². The maximum absolute atomic E-state index is 6.37. The summed E-state index contributed by atoms with van der Waals surface area (Å²) in [6.45, 7) is 0. The van der Waals surface area contributed by atoms with Gasteiger partial charge in [0, 0.05) is 20.0 Å². The number of halogens is 2. The molecule has 3 aromatic carbocycles. The SMILES string of the molecule is Clc1ccccc1C(C=CSc1ccc(Br)cc1)=Nc1ccccc1. The lowest BCUT2D eigenvalue weighted by atomic mass is 10.1. The van der Waals surface area contributed by atoms with Gasteiger partial charge in [-0.15, -0.1) is 0 Å². The van der Waals surface area contributed by atoms with Crippen molar-refractivity contribution in [1.82, 2.24) is 0 Å². The highest BCUT2D eigenvalue weighted by Gasteiger charge is 2.05. The Balaban J connectivity index is 1.89. The molecule has 0 aromatic heterocycles. The Labute approximate surface area is 165 Å². The number of thioether (sulfide) groups is 1. The van der Waals surface area contributed by atoms with Gasteiger partial charge in [-0.25, -0.2) is 4.99 Å². The summed E-state index contributed by atoms with van der Waals surface area (Å²) in [7, 11) is 0. The van der Waals surface area contributed by atoms with Crippen LogP contribution in [0.15, 0.2) is 105 Å². The molecular formula is C21H15BrClNS. The molecule has 0 saturated carbocycles. The van der Waals surface area contributed by atoms with Crippen LogP contribution in [0.4, 0.5) is 5.69 Å². The van der Waals surface area contributed by atoms with Gasteiger partial charge in [-0.2, -0.15) is 0 Å². The number of nitrogens with zero attached hydrogens (tertiary/aromatic N) is 1. The van der Waals surface area contributed by atoms with Gasteiger partial charge >= 0.3 is 0 Å². The smallest absolute Gasteiger partial charge is 0.0729 e. The van der Waals surface area contributed by atoms with E-state index in [1.165, 1.54) is 0 Å². The van der Waals surface area contributed by atoms with E-state index in [1.54, 1.807) is 11.8 Å². The Morgan fingerprint density at radius 2 is 1.56 bits per heavy atom. The molecule has 0 aliphatic heterocycles. The minimum Gasteiger partial charge on any atom is -0.248 e. The van der Waals surface area contributed by atoms with E-state index in [0.29, 0.717) is 5.02 Å². The molecule has 3 rings (SSSR count). The van der Waals surface area contributed by atoms with Crippen molar-refractivity contribution in [2.75, 3.05) is 0 Å². The number of benzene rings is 3. The maximum atomic E-state index is 6.37. The molecule has 3 aromatic rings. The summed E-state index contributed by atoms with van der Waals surface area (Å²) >= 11 is 11.5. The zero-order valence-corrected chi connectivity index (χ0v) is 16.4. The van der Waals surface area contributed by atoms with Crippen LogP contribution in [0.5, 0.6) is 0 Å². The van der Waals surface area contributed by atoms with Crippen LogP contribution in [0.1, 0.15) is 5.56 Å². The standard InChI is InChI=1S/C21H15BrClNS/c22-16-10-12-18(13-11-16)25-15-14-21(19-8-4-5-9-20(19)23)24-17-6-2-1-3-7-17/h1-15H. The van der Waals surface area contributed by atoms with Crippen LogP contribution < -0.4 is 0 Å². The molecule has 0 aliphatic rings. The highest BCUT2D eigenvalue weighted by atomic mass is 79.9. The predicted molar refractivity (Wildman–Crippen MR) is 113 cm³/mol. The Morgan fingerprint density at radius 1 is 0.880 bits per heavy atom. The minimum absolute atomic E-state index is 0.690. The Bertz CT molecular complexity index is 889. The lowest BCUT2D eigenvalue weighted by Crippen LogP contribution is -1.97. The van der Waals surface area contributed by atoms with Crippen LogP contribution in [0.3, 0.4) is 0 Å². The molecule has 0 radical (unpaired) electrons. The molecule has 0 heterocycles. The van der Waals surface area contributed by atoms with Gasteiger partial charge in [-0.3, -0.25) is 0 Å². The number of allylic oxidation sites excluding steroid dienone is 1. The molecule has 0 spiro atoms. The van der Waals surface area contributed by atoms with Gasteiger partial charge < -0.3 is 0 Å². The van der Waals surface area contributed by atoms with Gasteiger partial charge in [0.05, 0.1) is 11.4 Å². The molecular weight excluding hydrogens is 414 g/mol. The van der Waals surface area contributed by atoms with Gasteiger partial charge in [0.1, 0.15) is 0 Å². The van der Waals surface area contributed by atoms with Crippen LogP contribution in [0.2, 0.25) is 5.02 Å². The van der Waals surface area contributed by atoms with Crippen molar-refractivity contribution in [2.24, 2.45) is 4.99 Å². The zero-order valence-electron chi connectivity index (χ0n) is 13.3. The van der Waals surface area contributed by atoms with Crippen LogP contribution in [-0.2, 0) is 0 Å². The molecule has 0 saturated heterocycles. The fourth-order valence-corrected chi connectivity index (χ4v) is 3.33. The van der Waals surface area contributed by atoms with Crippen molar-refractivity contribution in [3.8, 4) is 0 Å². The molecule has 0 N–H and O–H groups in total. The van der Waals surface area contributed by atoms with Crippen molar-refractivity contribution < 1.29 is 0 Å². The first-order valence-corrected chi connectivity index (χ1v) is 9.75. The topological polar surface area (TPSA) is 12.4 Å². The minimum atomic E-state index is 0.690. The van der Waals surface area contributed by atoms with E-state index in [4.69, 9.17) is 16.6 Å². The van der Waals surface area contributed by atoms with Gasteiger partial charge in [-0.05, 0) is 53.9 Å². The van der Waals surface area contributed by atoms with E-state index in [9.17, 15) is 0 Å². The van der Waals surface area contributed by atoms with Gasteiger partial charge in [0.2, 0.25) is 0 Å². The molecule has 25 heavy (non-hydrogen) atoms. The number of rotatable bonds is 5. The maximum Gasteiger partial charge on any atom is 0.0729 e. The average Bonchev–Trinajstić information content (AvgIpc) is 2.64. The molecule has 0 bridgehead atoms. The predicted octanol–water partition coefficient (Wildman–Crippen LogP) is 7.53. The highest BCUT2D eigenvalue weighted by molar-refractivity contribution is 9.10. The van der Waals surface area contributed by atoms with Crippen LogP contribution >= 0.6 is 39.3 Å². The van der Waals surface area contributed by atoms with Crippen molar-refractivity contribution >= 4 is 50.7 Å². The van der Waals surface area contributed by atoms with E-state index in [2.05, 4.69) is 28.1 Å². The van der Waals surface area contributed by atoms with E-state index in [-0.39, 0.29) is 0 Å². The average molecular weight is 429 g/mol. The number of para-hydroxylation sites is 1. The van der Waals surface area contributed by atoms with Crippen molar-refractivity contribution in [2.45, 2.75) is 4.90 Å². The first-order valence-electron chi connectivity index (χ1n) is 7.70. The van der Waals surface area contributed by atoms with E-state index in [0.717, 1.165) is 26.3 Å². The molecule has 4 heteroatoms. The second-order valence-electron chi connectivity index (χ2n) is 5.19. The second kappa shape index (κ2) is 9.04. The molecule has 0 aliphatic carbocycles. The third-order valence-electron chi connectivity index (χ3n) is 3.40. The largest absolute Gasteiger partial charge is 0.248 e. The summed E-state index contributed by atoms with van der Waals surface area (Å²) in [6.07, 6.45) is 2.00. The number of aliphatic imine (C=N–C) groups is 1. The van der Waals surface area contributed by atoms with E-state index < -0.39 is 0 Å². The lowest BCUT2D eigenvalue weighted by Gasteiger charge is -2.05. The Kier molecular flexibility index (Phi) is 6.51. The Hall–Kier alpha value is -1.81. The molecule has 0 fully saturated rings. The summed E-state index contributed by atoms with van der Waals surface area (Å²) in [4.78, 5) is 5.92. The summed E-state index contributed by atoms with van der Waals surface area (Å²) < 4.78 is 1.07.